The first-order valence-corrected chi connectivity index (χ1v) is 18.9. The molecule has 0 amide bonds. The molecule has 0 rings (SSSR count). The van der Waals surface area contributed by atoms with Gasteiger partial charge in [0.05, 0.1) is 6.61 Å². The van der Waals surface area contributed by atoms with Gasteiger partial charge in [-0.05, 0) is 77.9 Å². The highest BCUT2D eigenvalue weighted by Gasteiger charge is 2.15. The van der Waals surface area contributed by atoms with Crippen LogP contribution in [0.1, 0.15) is 194 Å². The maximum absolute atomic E-state index is 12.5. The smallest absolute Gasteiger partial charge is 0.306 e. The largest absolute Gasteiger partial charge is 0.465 e. The molecule has 5 heteroatoms. The molecule has 0 radical (unpaired) electrons. The second-order valence-electron chi connectivity index (χ2n) is 13.5. The van der Waals surface area contributed by atoms with E-state index in [1.807, 2.05) is 14.1 Å². The van der Waals surface area contributed by atoms with E-state index in [0.717, 1.165) is 57.9 Å². The van der Waals surface area contributed by atoms with E-state index < -0.39 is 0 Å². The topological polar surface area (TPSA) is 55.8 Å². The molecule has 0 spiro atoms. The first-order chi connectivity index (χ1) is 20.9. The maximum atomic E-state index is 12.5. The number of hydrogen-bond donors (Lipinski definition) is 0. The fraction of sp³-hybridized carbons (Fsp3) is 0.947. The van der Waals surface area contributed by atoms with Gasteiger partial charge in [0.2, 0.25) is 0 Å². The summed E-state index contributed by atoms with van der Waals surface area (Å²) in [5, 5.41) is 0. The molecule has 0 bridgehead atoms. The van der Waals surface area contributed by atoms with E-state index in [2.05, 4.69) is 25.7 Å². The van der Waals surface area contributed by atoms with Crippen LogP contribution >= 0.6 is 0 Å². The highest BCUT2D eigenvalue weighted by atomic mass is 16.5. The Hall–Kier alpha value is -1.10. The van der Waals surface area contributed by atoms with Crippen LogP contribution in [0, 0.1) is 5.92 Å². The van der Waals surface area contributed by atoms with Gasteiger partial charge in [0.1, 0.15) is 6.10 Å². The summed E-state index contributed by atoms with van der Waals surface area (Å²) in [4.78, 5) is 26.9. The van der Waals surface area contributed by atoms with Gasteiger partial charge in [-0.25, -0.2) is 0 Å². The minimum absolute atomic E-state index is 0.00810. The Morgan fingerprint density at radius 1 is 0.512 bits per heavy atom. The van der Waals surface area contributed by atoms with Gasteiger partial charge in [-0.1, -0.05) is 130 Å². The van der Waals surface area contributed by atoms with Crippen LogP contribution in [0.25, 0.3) is 0 Å². The average Bonchev–Trinajstić information content (AvgIpc) is 2.98. The van der Waals surface area contributed by atoms with Crippen molar-refractivity contribution in [2.24, 2.45) is 5.92 Å². The molecule has 256 valence electrons. The SMILES string of the molecule is CCCCCCCCCC[C@H](CCCCCCCCC(=O)OC[C@H](CCCC)CCCCCC)OC(=O)CCCN(C)C. The van der Waals surface area contributed by atoms with Gasteiger partial charge >= 0.3 is 11.9 Å². The lowest BCUT2D eigenvalue weighted by Gasteiger charge is -2.18. The van der Waals surface area contributed by atoms with E-state index in [9.17, 15) is 9.59 Å². The molecule has 0 aromatic carbocycles. The van der Waals surface area contributed by atoms with Crippen molar-refractivity contribution in [1.29, 1.82) is 0 Å². The number of ether oxygens (including phenoxy) is 2. The van der Waals surface area contributed by atoms with Gasteiger partial charge in [-0.2, -0.15) is 0 Å². The molecule has 0 aliphatic rings. The Balaban J connectivity index is 4.14. The molecule has 0 aliphatic heterocycles. The Bertz CT molecular complexity index is 609. The van der Waals surface area contributed by atoms with Crippen LogP contribution in [-0.4, -0.2) is 50.2 Å². The molecular formula is C38H75NO4. The Morgan fingerprint density at radius 3 is 1.51 bits per heavy atom. The number of rotatable bonds is 33. The van der Waals surface area contributed by atoms with Crippen molar-refractivity contribution in [3.05, 3.63) is 0 Å². The molecule has 0 fully saturated rings. The second kappa shape index (κ2) is 32.3. The molecule has 2 atom stereocenters. The number of carbonyl (C=O) groups excluding carboxylic acids is 2. The molecule has 0 N–H and O–H groups in total. The van der Waals surface area contributed by atoms with Crippen LogP contribution < -0.4 is 0 Å². The van der Waals surface area contributed by atoms with E-state index in [1.165, 1.54) is 109 Å². The normalized spacial score (nSPS) is 12.9. The lowest BCUT2D eigenvalue weighted by molar-refractivity contribution is -0.150. The van der Waals surface area contributed by atoms with Gasteiger partial charge in [0.15, 0.2) is 0 Å². The lowest BCUT2D eigenvalue weighted by Crippen LogP contribution is -2.20. The molecule has 0 aliphatic carbocycles. The van der Waals surface area contributed by atoms with Crippen LogP contribution in [0.4, 0.5) is 0 Å². The summed E-state index contributed by atoms with van der Waals surface area (Å²) in [7, 11) is 4.09. The van der Waals surface area contributed by atoms with Crippen molar-refractivity contribution in [3.63, 3.8) is 0 Å². The molecule has 0 saturated carbocycles. The zero-order chi connectivity index (χ0) is 31.8. The van der Waals surface area contributed by atoms with Crippen molar-refractivity contribution in [2.75, 3.05) is 27.2 Å². The first kappa shape index (κ1) is 41.9. The Labute approximate surface area is 269 Å². The third-order valence-corrected chi connectivity index (χ3v) is 8.73. The predicted molar refractivity (Wildman–Crippen MR) is 185 cm³/mol. The van der Waals surface area contributed by atoms with Crippen molar-refractivity contribution in [3.8, 4) is 0 Å². The number of carbonyl (C=O) groups is 2. The molecule has 43 heavy (non-hydrogen) atoms. The number of nitrogens with zero attached hydrogens (tertiary/aromatic N) is 1. The van der Waals surface area contributed by atoms with Gasteiger partial charge in [-0.3, -0.25) is 9.59 Å². The highest BCUT2D eigenvalue weighted by molar-refractivity contribution is 5.69. The summed E-state index contributed by atoms with van der Waals surface area (Å²) in [6.07, 6.45) is 31.1. The van der Waals surface area contributed by atoms with E-state index in [-0.39, 0.29) is 18.0 Å². The summed E-state index contributed by atoms with van der Waals surface area (Å²) in [6, 6.07) is 0. The number of esters is 2. The average molecular weight is 610 g/mol. The first-order valence-electron chi connectivity index (χ1n) is 18.9. The Morgan fingerprint density at radius 2 is 0.953 bits per heavy atom. The lowest BCUT2D eigenvalue weighted by atomic mass is 9.96. The summed E-state index contributed by atoms with van der Waals surface area (Å²) in [6.45, 7) is 8.29. The summed E-state index contributed by atoms with van der Waals surface area (Å²) >= 11 is 0. The number of unbranched alkanes of at least 4 members (excludes halogenated alkanes) is 16. The molecule has 0 heterocycles. The van der Waals surface area contributed by atoms with E-state index >= 15 is 0 Å². The van der Waals surface area contributed by atoms with Crippen LogP contribution in [0.2, 0.25) is 0 Å². The molecular weight excluding hydrogens is 534 g/mol. The monoisotopic (exact) mass is 610 g/mol. The van der Waals surface area contributed by atoms with Crippen LogP contribution in [0.3, 0.4) is 0 Å². The van der Waals surface area contributed by atoms with Crippen LogP contribution in [-0.2, 0) is 19.1 Å². The van der Waals surface area contributed by atoms with Crippen molar-refractivity contribution in [2.45, 2.75) is 200 Å². The van der Waals surface area contributed by atoms with Gasteiger partial charge in [0.25, 0.3) is 0 Å². The zero-order valence-corrected chi connectivity index (χ0v) is 29.7. The standard InChI is InChI=1S/C38H75NO4/c1-6-9-12-14-15-16-19-23-29-36(43-38(41)32-26-33-39(4)5)30-24-20-17-18-21-25-31-37(40)42-34-35(27-11-8-3)28-22-13-10-7-2/h35-36H,6-34H2,1-5H3/t35-,36-/m1/s1. The molecule has 0 aromatic rings. The quantitative estimate of drug-likeness (QED) is 0.0547. The molecule has 0 saturated heterocycles. The van der Waals surface area contributed by atoms with Gasteiger partial charge in [0, 0.05) is 12.8 Å². The van der Waals surface area contributed by atoms with E-state index in [4.69, 9.17) is 9.47 Å². The van der Waals surface area contributed by atoms with Gasteiger partial charge < -0.3 is 14.4 Å². The highest BCUT2D eigenvalue weighted by Crippen LogP contribution is 2.20. The van der Waals surface area contributed by atoms with Crippen molar-refractivity contribution >= 4 is 11.9 Å². The van der Waals surface area contributed by atoms with Crippen LogP contribution in [0.5, 0.6) is 0 Å². The minimum Gasteiger partial charge on any atom is -0.465 e. The summed E-state index contributed by atoms with van der Waals surface area (Å²) < 4.78 is 11.6. The minimum atomic E-state index is -0.0218. The third kappa shape index (κ3) is 30.7. The van der Waals surface area contributed by atoms with Gasteiger partial charge in [-0.15, -0.1) is 0 Å². The van der Waals surface area contributed by atoms with E-state index in [1.54, 1.807) is 0 Å². The predicted octanol–water partition coefficient (Wildman–Crippen LogP) is 11.2. The fourth-order valence-electron chi connectivity index (χ4n) is 5.85. The van der Waals surface area contributed by atoms with Crippen molar-refractivity contribution < 1.29 is 19.1 Å². The maximum Gasteiger partial charge on any atom is 0.306 e. The number of hydrogen-bond acceptors (Lipinski definition) is 5. The van der Waals surface area contributed by atoms with Crippen LogP contribution in [0.15, 0.2) is 0 Å². The fourth-order valence-corrected chi connectivity index (χ4v) is 5.85. The third-order valence-electron chi connectivity index (χ3n) is 8.73. The molecule has 5 nitrogen and oxygen atoms in total. The molecule has 0 aromatic heterocycles. The summed E-state index contributed by atoms with van der Waals surface area (Å²) in [5.41, 5.74) is 0. The van der Waals surface area contributed by atoms with E-state index in [0.29, 0.717) is 25.4 Å². The summed E-state index contributed by atoms with van der Waals surface area (Å²) in [5.74, 6) is 0.509. The van der Waals surface area contributed by atoms with Crippen molar-refractivity contribution in [1.82, 2.24) is 4.90 Å². The molecule has 0 unspecified atom stereocenters. The Kier molecular flexibility index (Phi) is 31.5. The zero-order valence-electron chi connectivity index (χ0n) is 29.7. The second-order valence-corrected chi connectivity index (χ2v) is 13.5.